The van der Waals surface area contributed by atoms with Crippen LogP contribution in [0.15, 0.2) is 35.6 Å². The smallest absolute Gasteiger partial charge is 0.287 e. The molecule has 0 radical (unpaired) electrons. The monoisotopic (exact) mass is 543 g/mol. The van der Waals surface area contributed by atoms with Gasteiger partial charge in [0.2, 0.25) is 17.6 Å². The maximum absolute atomic E-state index is 13.2. The van der Waals surface area contributed by atoms with Crippen molar-refractivity contribution in [2.24, 2.45) is 13.0 Å². The molecule has 0 saturated heterocycles. The quantitative estimate of drug-likeness (QED) is 0.235. The minimum absolute atomic E-state index is 0.0254. The van der Waals surface area contributed by atoms with Crippen LogP contribution in [0.4, 0.5) is 5.69 Å². The van der Waals surface area contributed by atoms with Gasteiger partial charge in [-0.2, -0.15) is 0 Å². The Hall–Kier alpha value is -4.29. The highest BCUT2D eigenvalue weighted by Gasteiger charge is 2.24. The molecule has 2 rings (SSSR count). The van der Waals surface area contributed by atoms with Crippen LogP contribution in [-0.4, -0.2) is 63.2 Å². The molecule has 1 atom stereocenters. The van der Waals surface area contributed by atoms with Gasteiger partial charge in [0.25, 0.3) is 17.4 Å². The van der Waals surface area contributed by atoms with E-state index in [9.17, 15) is 28.8 Å². The first-order valence-electron chi connectivity index (χ1n) is 12.9. The van der Waals surface area contributed by atoms with Gasteiger partial charge in [0.15, 0.2) is 0 Å². The minimum atomic E-state index is -1.12. The Kier molecular flexibility index (Phi) is 12.1. The van der Waals surface area contributed by atoms with E-state index in [4.69, 9.17) is 0 Å². The van der Waals surface area contributed by atoms with Crippen LogP contribution in [-0.2, 0) is 32.8 Å². The Morgan fingerprint density at radius 2 is 1.82 bits per heavy atom. The maximum Gasteiger partial charge on any atom is 0.287 e. The van der Waals surface area contributed by atoms with Crippen LogP contribution in [0.1, 0.15) is 56.4 Å². The number of pyridine rings is 1. The molecule has 0 saturated carbocycles. The van der Waals surface area contributed by atoms with Crippen molar-refractivity contribution in [3.8, 4) is 0 Å². The fourth-order valence-corrected chi connectivity index (χ4v) is 3.82. The average Bonchev–Trinajstić information content (AvgIpc) is 3.36. The first-order valence-corrected chi connectivity index (χ1v) is 12.9. The van der Waals surface area contributed by atoms with E-state index in [-0.39, 0.29) is 43.1 Å². The van der Waals surface area contributed by atoms with Crippen molar-refractivity contribution in [1.29, 1.82) is 0 Å². The molecule has 4 amide bonds. The first-order chi connectivity index (χ1) is 18.6. The number of nitrogens with one attached hydrogen (secondary N) is 4. The number of Topliss-reactive ketones (excluding diaryl/α,β-unsaturated/α-hetero) is 1. The Morgan fingerprint density at radius 3 is 2.44 bits per heavy atom. The molecule has 2 aromatic heterocycles. The van der Waals surface area contributed by atoms with Gasteiger partial charge in [-0.1, -0.05) is 26.7 Å². The van der Waals surface area contributed by atoms with Gasteiger partial charge in [0.1, 0.15) is 24.0 Å². The summed E-state index contributed by atoms with van der Waals surface area (Å²) in [6.07, 6.45) is 6.09. The SMILES string of the molecule is CCC(CC)CNC(=O)Cn1cccc(NC(=O)C(CCCC(=O)C(=O)NC)NC(=O)c2cncn2C)c1=O. The highest BCUT2D eigenvalue weighted by atomic mass is 16.2. The van der Waals surface area contributed by atoms with Crippen LogP contribution in [0, 0.1) is 5.92 Å². The molecule has 0 aliphatic carbocycles. The number of rotatable bonds is 15. The topological polar surface area (TPSA) is 173 Å². The lowest BCUT2D eigenvalue weighted by atomic mass is 10.0. The molecule has 0 fully saturated rings. The lowest BCUT2D eigenvalue weighted by Gasteiger charge is -2.19. The van der Waals surface area contributed by atoms with Crippen LogP contribution in [0.3, 0.4) is 0 Å². The molecule has 2 aromatic rings. The highest BCUT2D eigenvalue weighted by molar-refractivity contribution is 6.36. The predicted molar refractivity (Wildman–Crippen MR) is 144 cm³/mol. The van der Waals surface area contributed by atoms with Crippen molar-refractivity contribution in [2.45, 2.75) is 58.5 Å². The fourth-order valence-electron chi connectivity index (χ4n) is 3.82. The van der Waals surface area contributed by atoms with Crippen molar-refractivity contribution in [2.75, 3.05) is 18.9 Å². The molecular weight excluding hydrogens is 506 g/mol. The van der Waals surface area contributed by atoms with Gasteiger partial charge in [0, 0.05) is 33.3 Å². The maximum atomic E-state index is 13.2. The lowest BCUT2D eigenvalue weighted by Crippen LogP contribution is -2.45. The molecule has 0 bridgehead atoms. The van der Waals surface area contributed by atoms with E-state index >= 15 is 0 Å². The lowest BCUT2D eigenvalue weighted by molar-refractivity contribution is -0.137. The van der Waals surface area contributed by atoms with Crippen LogP contribution in [0.25, 0.3) is 0 Å². The number of aryl methyl sites for hydroxylation is 1. The van der Waals surface area contributed by atoms with Gasteiger partial charge in [-0.25, -0.2) is 4.98 Å². The van der Waals surface area contributed by atoms with Crippen LogP contribution < -0.4 is 26.8 Å². The predicted octanol–water partition coefficient (Wildman–Crippen LogP) is 0.357. The minimum Gasteiger partial charge on any atom is -0.354 e. The molecule has 13 nitrogen and oxygen atoms in total. The molecule has 1 unspecified atom stereocenters. The molecule has 39 heavy (non-hydrogen) atoms. The zero-order chi connectivity index (χ0) is 28.9. The molecule has 4 N–H and O–H groups in total. The second-order valence-electron chi connectivity index (χ2n) is 9.14. The van der Waals surface area contributed by atoms with E-state index in [0.717, 1.165) is 12.8 Å². The highest BCUT2D eigenvalue weighted by Crippen LogP contribution is 2.09. The van der Waals surface area contributed by atoms with E-state index in [0.29, 0.717) is 12.5 Å². The van der Waals surface area contributed by atoms with E-state index in [1.807, 2.05) is 13.8 Å². The van der Waals surface area contributed by atoms with E-state index in [1.54, 1.807) is 7.05 Å². The third kappa shape index (κ3) is 9.20. The second kappa shape index (κ2) is 15.2. The Balaban J connectivity index is 2.14. The number of hydrogen-bond donors (Lipinski definition) is 4. The number of likely N-dealkylation sites (N-methyl/N-ethyl adjacent to an activating group) is 1. The van der Waals surface area contributed by atoms with Gasteiger partial charge in [-0.05, 0) is 30.9 Å². The van der Waals surface area contributed by atoms with Crippen molar-refractivity contribution in [3.05, 3.63) is 46.9 Å². The van der Waals surface area contributed by atoms with Crippen LogP contribution >= 0.6 is 0 Å². The summed E-state index contributed by atoms with van der Waals surface area (Å²) in [5.74, 6) is -2.64. The molecular formula is C26H37N7O6. The first kappa shape index (κ1) is 30.9. The molecule has 212 valence electrons. The summed E-state index contributed by atoms with van der Waals surface area (Å²) < 4.78 is 2.66. The number of imidazole rings is 1. The Bertz CT molecular complexity index is 1230. The Morgan fingerprint density at radius 1 is 1.10 bits per heavy atom. The van der Waals surface area contributed by atoms with Gasteiger partial charge in [-0.15, -0.1) is 0 Å². The second-order valence-corrected chi connectivity index (χ2v) is 9.14. The standard InChI is InChI=1S/C26H37N7O6/c1-5-17(6-2)13-29-22(35)15-33-12-8-10-19(26(33)39)31-23(36)18(9-7-11-21(34)25(38)27-3)30-24(37)20-14-28-16-32(20)4/h8,10,12,14,16-18H,5-7,9,11,13,15H2,1-4H3,(H,27,38)(H,29,35)(H,30,37)(H,31,36). The van der Waals surface area contributed by atoms with E-state index < -0.39 is 35.1 Å². The van der Waals surface area contributed by atoms with Crippen molar-refractivity contribution >= 4 is 35.1 Å². The zero-order valence-electron chi connectivity index (χ0n) is 22.8. The molecule has 0 aliphatic rings. The van der Waals surface area contributed by atoms with Gasteiger partial charge in [-0.3, -0.25) is 28.8 Å². The summed E-state index contributed by atoms with van der Waals surface area (Å²) in [4.78, 5) is 78.5. The molecule has 0 aromatic carbocycles. The largest absolute Gasteiger partial charge is 0.354 e. The fraction of sp³-hybridized carbons (Fsp3) is 0.500. The van der Waals surface area contributed by atoms with Crippen molar-refractivity contribution in [3.63, 3.8) is 0 Å². The molecule has 13 heteroatoms. The van der Waals surface area contributed by atoms with Gasteiger partial charge >= 0.3 is 0 Å². The van der Waals surface area contributed by atoms with Crippen LogP contribution in [0.2, 0.25) is 0 Å². The summed E-state index contributed by atoms with van der Waals surface area (Å²) in [6.45, 7) is 4.38. The zero-order valence-corrected chi connectivity index (χ0v) is 22.8. The number of aromatic nitrogens is 3. The van der Waals surface area contributed by atoms with Crippen LogP contribution in [0.5, 0.6) is 0 Å². The van der Waals surface area contributed by atoms with E-state index in [2.05, 4.69) is 26.3 Å². The third-order valence-electron chi connectivity index (χ3n) is 6.38. The average molecular weight is 544 g/mol. The number of ketones is 1. The number of carbonyl (C=O) groups is 5. The summed E-state index contributed by atoms with van der Waals surface area (Å²) in [7, 11) is 2.96. The molecule has 0 aliphatic heterocycles. The van der Waals surface area contributed by atoms with Crippen molar-refractivity contribution < 1.29 is 24.0 Å². The Labute approximate surface area is 226 Å². The van der Waals surface area contributed by atoms with Gasteiger partial charge < -0.3 is 30.4 Å². The summed E-state index contributed by atoms with van der Waals surface area (Å²) in [6, 6.07) is 1.80. The molecule has 0 spiro atoms. The number of amides is 4. The third-order valence-corrected chi connectivity index (χ3v) is 6.38. The number of anilines is 1. The number of carbonyl (C=O) groups excluding carboxylic acids is 5. The van der Waals surface area contributed by atoms with Crippen molar-refractivity contribution in [1.82, 2.24) is 30.1 Å². The number of hydrogen-bond acceptors (Lipinski definition) is 7. The molecule has 2 heterocycles. The summed E-state index contributed by atoms with van der Waals surface area (Å²) >= 11 is 0. The summed E-state index contributed by atoms with van der Waals surface area (Å²) in [5.41, 5.74) is -0.456. The number of nitrogens with zero attached hydrogens (tertiary/aromatic N) is 3. The van der Waals surface area contributed by atoms with Gasteiger partial charge in [0.05, 0.1) is 12.5 Å². The summed E-state index contributed by atoms with van der Waals surface area (Å²) in [5, 5.41) is 10.2. The van der Waals surface area contributed by atoms with E-state index in [1.165, 1.54) is 47.0 Å². The normalized spacial score (nSPS) is 11.5.